The second-order valence-corrected chi connectivity index (χ2v) is 5.73. The van der Waals surface area contributed by atoms with Gasteiger partial charge in [-0.2, -0.15) is 0 Å². The predicted octanol–water partition coefficient (Wildman–Crippen LogP) is 4.12. The highest BCUT2D eigenvalue weighted by atomic mass is 19.1. The van der Waals surface area contributed by atoms with Crippen molar-refractivity contribution in [2.45, 2.75) is 19.3 Å². The SMILES string of the molecule is [B]C1=C(c2ccc(F)cc2F)CCCc2cc(C(=O)OC)ccc21. The van der Waals surface area contributed by atoms with Gasteiger partial charge < -0.3 is 4.74 Å². The second kappa shape index (κ2) is 6.60. The molecule has 0 atom stereocenters. The van der Waals surface area contributed by atoms with Crippen molar-refractivity contribution in [1.29, 1.82) is 0 Å². The molecular weight excluding hydrogens is 309 g/mol. The maximum Gasteiger partial charge on any atom is 0.337 e. The molecule has 0 unspecified atom stereocenters. The summed E-state index contributed by atoms with van der Waals surface area (Å²) in [5, 5.41) is 0. The number of rotatable bonds is 2. The number of esters is 1. The van der Waals surface area contributed by atoms with Crippen molar-refractivity contribution in [2.24, 2.45) is 0 Å². The summed E-state index contributed by atoms with van der Waals surface area (Å²) in [4.78, 5) is 11.7. The number of methoxy groups -OCH3 is 1. The van der Waals surface area contributed by atoms with Gasteiger partial charge in [0.1, 0.15) is 19.5 Å². The lowest BCUT2D eigenvalue weighted by Gasteiger charge is -2.13. The van der Waals surface area contributed by atoms with Gasteiger partial charge >= 0.3 is 5.97 Å². The molecule has 2 aromatic rings. The fourth-order valence-corrected chi connectivity index (χ4v) is 3.07. The molecule has 0 heterocycles. The van der Waals surface area contributed by atoms with Gasteiger partial charge in [-0.1, -0.05) is 11.5 Å². The molecule has 120 valence electrons. The van der Waals surface area contributed by atoms with Crippen molar-refractivity contribution in [3.63, 3.8) is 0 Å². The Balaban J connectivity index is 2.11. The highest BCUT2D eigenvalue weighted by molar-refractivity contribution is 6.47. The third-order valence-electron chi connectivity index (χ3n) is 4.27. The normalized spacial score (nSPS) is 14.1. The lowest BCUT2D eigenvalue weighted by molar-refractivity contribution is 0.0600. The summed E-state index contributed by atoms with van der Waals surface area (Å²) in [6.45, 7) is 0. The Hall–Kier alpha value is -2.43. The molecule has 2 nitrogen and oxygen atoms in total. The van der Waals surface area contributed by atoms with E-state index < -0.39 is 17.6 Å². The largest absolute Gasteiger partial charge is 0.465 e. The van der Waals surface area contributed by atoms with Crippen LogP contribution in [-0.2, 0) is 11.2 Å². The Kier molecular flexibility index (Phi) is 4.52. The number of benzene rings is 2. The first-order valence-electron chi connectivity index (χ1n) is 7.67. The molecule has 2 aromatic carbocycles. The standard InChI is InChI=1S/C19H15BF2O2/c1-24-19(23)12-5-7-14-11(9-12)3-2-4-16(18(14)20)15-8-6-13(21)10-17(15)22/h5-10H,2-4H2,1H3. The summed E-state index contributed by atoms with van der Waals surface area (Å²) >= 11 is 0. The molecule has 0 bridgehead atoms. The van der Waals surface area contributed by atoms with Crippen LogP contribution in [0.25, 0.3) is 11.0 Å². The van der Waals surface area contributed by atoms with Crippen molar-refractivity contribution in [2.75, 3.05) is 7.11 Å². The number of aryl methyl sites for hydroxylation is 1. The number of hydrogen-bond donors (Lipinski definition) is 0. The first-order chi connectivity index (χ1) is 11.5. The third-order valence-corrected chi connectivity index (χ3v) is 4.27. The summed E-state index contributed by atoms with van der Waals surface area (Å²) in [5.41, 5.74) is 3.60. The minimum atomic E-state index is -0.623. The molecule has 5 heteroatoms. The zero-order chi connectivity index (χ0) is 17.3. The van der Waals surface area contributed by atoms with Gasteiger partial charge in [-0.15, -0.1) is 0 Å². The van der Waals surface area contributed by atoms with E-state index in [0.717, 1.165) is 23.6 Å². The maximum absolute atomic E-state index is 14.1. The highest BCUT2D eigenvalue weighted by Gasteiger charge is 2.19. The molecular formula is C19H15BF2O2. The first-order valence-corrected chi connectivity index (χ1v) is 7.67. The Morgan fingerprint density at radius 3 is 2.54 bits per heavy atom. The fraction of sp³-hybridized carbons (Fsp3) is 0.211. The van der Waals surface area contributed by atoms with Crippen LogP contribution in [0.4, 0.5) is 8.78 Å². The molecule has 0 spiro atoms. The second-order valence-electron chi connectivity index (χ2n) is 5.73. The highest BCUT2D eigenvalue weighted by Crippen LogP contribution is 2.35. The van der Waals surface area contributed by atoms with E-state index in [1.807, 2.05) is 0 Å². The van der Waals surface area contributed by atoms with Crippen LogP contribution in [-0.4, -0.2) is 20.9 Å². The van der Waals surface area contributed by atoms with Crippen molar-refractivity contribution >= 4 is 24.9 Å². The zero-order valence-electron chi connectivity index (χ0n) is 13.2. The van der Waals surface area contributed by atoms with Crippen LogP contribution in [0, 0.1) is 11.6 Å². The molecule has 0 saturated heterocycles. The molecule has 0 aromatic heterocycles. The number of hydrogen-bond acceptors (Lipinski definition) is 2. The molecule has 1 aliphatic rings. The van der Waals surface area contributed by atoms with E-state index >= 15 is 0 Å². The average molecular weight is 324 g/mol. The van der Waals surface area contributed by atoms with E-state index in [9.17, 15) is 13.6 Å². The van der Waals surface area contributed by atoms with E-state index in [1.54, 1.807) is 18.2 Å². The third kappa shape index (κ3) is 2.98. The van der Waals surface area contributed by atoms with Gasteiger partial charge in [0.05, 0.1) is 12.7 Å². The van der Waals surface area contributed by atoms with Crippen LogP contribution >= 0.6 is 0 Å². The number of carbonyl (C=O) groups excluding carboxylic acids is 1. The first kappa shape index (κ1) is 16.4. The molecule has 3 rings (SSSR count). The number of fused-ring (bicyclic) bond motifs is 1. The molecule has 24 heavy (non-hydrogen) atoms. The lowest BCUT2D eigenvalue weighted by Crippen LogP contribution is -2.03. The van der Waals surface area contributed by atoms with Crippen LogP contribution in [0.1, 0.15) is 39.9 Å². The molecule has 2 radical (unpaired) electrons. The topological polar surface area (TPSA) is 26.3 Å². The van der Waals surface area contributed by atoms with Crippen LogP contribution in [0.3, 0.4) is 0 Å². The van der Waals surface area contributed by atoms with E-state index in [2.05, 4.69) is 0 Å². The van der Waals surface area contributed by atoms with Crippen LogP contribution in [0.5, 0.6) is 0 Å². The van der Waals surface area contributed by atoms with Gasteiger partial charge in [-0.05, 0) is 60.2 Å². The van der Waals surface area contributed by atoms with E-state index in [1.165, 1.54) is 19.2 Å². The molecule has 1 aliphatic carbocycles. The van der Waals surface area contributed by atoms with Gasteiger partial charge in [0.15, 0.2) is 0 Å². The van der Waals surface area contributed by atoms with Gasteiger partial charge in [-0.3, -0.25) is 0 Å². The Bertz CT molecular complexity index is 843. The quantitative estimate of drug-likeness (QED) is 0.613. The van der Waals surface area contributed by atoms with Crippen molar-refractivity contribution < 1.29 is 18.3 Å². The van der Waals surface area contributed by atoms with Crippen LogP contribution in [0.2, 0.25) is 0 Å². The molecule has 0 fully saturated rings. The van der Waals surface area contributed by atoms with Gasteiger partial charge in [-0.25, -0.2) is 13.6 Å². The number of carbonyl (C=O) groups is 1. The Labute approximate surface area is 140 Å². The lowest BCUT2D eigenvalue weighted by atomic mass is 9.80. The van der Waals surface area contributed by atoms with E-state index in [-0.39, 0.29) is 0 Å². The fourth-order valence-electron chi connectivity index (χ4n) is 3.07. The summed E-state index contributed by atoms with van der Waals surface area (Å²) < 4.78 is 32.0. The van der Waals surface area contributed by atoms with Gasteiger partial charge in [0.25, 0.3) is 0 Å². The Morgan fingerprint density at radius 2 is 1.83 bits per heavy atom. The van der Waals surface area contributed by atoms with Crippen molar-refractivity contribution in [1.82, 2.24) is 0 Å². The van der Waals surface area contributed by atoms with E-state index in [4.69, 9.17) is 12.6 Å². The number of allylic oxidation sites excluding steroid dienone is 1. The van der Waals surface area contributed by atoms with Crippen LogP contribution < -0.4 is 0 Å². The minimum Gasteiger partial charge on any atom is -0.465 e. The van der Waals surface area contributed by atoms with Crippen molar-refractivity contribution in [3.05, 3.63) is 70.3 Å². The summed E-state index contributed by atoms with van der Waals surface area (Å²) in [7, 11) is 7.62. The van der Waals surface area contributed by atoms with Gasteiger partial charge in [0, 0.05) is 11.6 Å². The molecule has 0 saturated carbocycles. The van der Waals surface area contributed by atoms with Crippen molar-refractivity contribution in [3.8, 4) is 0 Å². The Morgan fingerprint density at radius 1 is 1.08 bits per heavy atom. The molecule has 0 N–H and O–H groups in total. The molecule has 0 aliphatic heterocycles. The minimum absolute atomic E-state index is 0.318. The molecule has 0 amide bonds. The zero-order valence-corrected chi connectivity index (χ0v) is 13.2. The predicted molar refractivity (Wildman–Crippen MR) is 89.6 cm³/mol. The van der Waals surface area contributed by atoms with Crippen LogP contribution in [0.15, 0.2) is 36.4 Å². The maximum atomic E-state index is 14.1. The number of halogens is 2. The van der Waals surface area contributed by atoms with Gasteiger partial charge in [0.2, 0.25) is 0 Å². The summed E-state index contributed by atoms with van der Waals surface area (Å²) in [5.74, 6) is -1.65. The summed E-state index contributed by atoms with van der Waals surface area (Å²) in [6.07, 6.45) is 2.05. The monoisotopic (exact) mass is 324 g/mol. The van der Waals surface area contributed by atoms with E-state index in [0.29, 0.717) is 35.0 Å². The number of ether oxygens (including phenoxy) is 1. The average Bonchev–Trinajstić information content (AvgIpc) is 2.73. The summed E-state index contributed by atoms with van der Waals surface area (Å²) in [6, 6.07) is 8.66. The smallest absolute Gasteiger partial charge is 0.337 e.